The lowest BCUT2D eigenvalue weighted by Gasteiger charge is -2.31. The molecule has 0 bridgehead atoms. The number of benzene rings is 2. The minimum Gasteiger partial charge on any atom is -0.369 e. The minimum absolute atomic E-state index is 0.0635. The van der Waals surface area contributed by atoms with Crippen molar-refractivity contribution in [3.05, 3.63) is 70.8 Å². The molecule has 0 unspecified atom stereocenters. The molecule has 1 fully saturated rings. The molecule has 8 heteroatoms. The molecule has 0 saturated carbocycles. The summed E-state index contributed by atoms with van der Waals surface area (Å²) in [5, 5.41) is 3.59. The fourth-order valence-electron chi connectivity index (χ4n) is 3.75. The van der Waals surface area contributed by atoms with E-state index in [-0.39, 0.29) is 30.0 Å². The number of aromatic nitrogens is 2. The first-order valence-corrected chi connectivity index (χ1v) is 9.89. The van der Waals surface area contributed by atoms with Crippen LogP contribution in [0.25, 0.3) is 16.6 Å². The summed E-state index contributed by atoms with van der Waals surface area (Å²) in [6.45, 7) is 1.71. The van der Waals surface area contributed by atoms with Crippen molar-refractivity contribution in [1.82, 2.24) is 19.8 Å². The third-order valence-corrected chi connectivity index (χ3v) is 5.38. The van der Waals surface area contributed by atoms with E-state index >= 15 is 0 Å². The third kappa shape index (κ3) is 4.23. The summed E-state index contributed by atoms with van der Waals surface area (Å²) in [4.78, 5) is 42.6. The Morgan fingerprint density at radius 2 is 1.77 bits per heavy atom. The average Bonchev–Trinajstić information content (AvgIpc) is 2.75. The Balaban J connectivity index is 1.43. The summed E-state index contributed by atoms with van der Waals surface area (Å²) >= 11 is 0. The first kappa shape index (κ1) is 19.8. The van der Waals surface area contributed by atoms with Gasteiger partial charge in [-0.15, -0.1) is 0 Å². The molecule has 2 heterocycles. The molecule has 0 atom stereocenters. The average molecular weight is 405 g/mol. The van der Waals surface area contributed by atoms with Crippen LogP contribution in [0.3, 0.4) is 0 Å². The molecular formula is C22H23N5O3. The highest BCUT2D eigenvalue weighted by atomic mass is 16.2. The van der Waals surface area contributed by atoms with Gasteiger partial charge in [-0.3, -0.25) is 23.9 Å². The number of rotatable bonds is 5. The number of likely N-dealkylation sites (tertiary alicyclic amines) is 1. The van der Waals surface area contributed by atoms with Crippen LogP contribution in [0.1, 0.15) is 23.2 Å². The number of amides is 2. The third-order valence-electron chi connectivity index (χ3n) is 5.38. The van der Waals surface area contributed by atoms with Crippen molar-refractivity contribution in [3.8, 4) is 5.69 Å². The summed E-state index contributed by atoms with van der Waals surface area (Å²) in [6.07, 6.45) is 3.05. The van der Waals surface area contributed by atoms with Gasteiger partial charge in [-0.2, -0.15) is 0 Å². The van der Waals surface area contributed by atoms with E-state index in [2.05, 4.69) is 10.3 Å². The van der Waals surface area contributed by atoms with E-state index < -0.39 is 0 Å². The maximum Gasteiger partial charge on any atom is 0.265 e. The first-order chi connectivity index (χ1) is 14.5. The van der Waals surface area contributed by atoms with Crippen molar-refractivity contribution in [1.29, 1.82) is 0 Å². The van der Waals surface area contributed by atoms with E-state index in [4.69, 9.17) is 5.73 Å². The molecule has 4 rings (SSSR count). The largest absolute Gasteiger partial charge is 0.369 e. The second-order valence-electron chi connectivity index (χ2n) is 7.47. The molecule has 0 radical (unpaired) electrons. The molecule has 1 aromatic heterocycles. The smallest absolute Gasteiger partial charge is 0.265 e. The van der Waals surface area contributed by atoms with E-state index in [0.717, 1.165) is 25.9 Å². The minimum atomic E-state index is -0.335. The van der Waals surface area contributed by atoms with Gasteiger partial charge in [0.15, 0.2) is 0 Å². The van der Waals surface area contributed by atoms with E-state index in [9.17, 15) is 14.4 Å². The summed E-state index contributed by atoms with van der Waals surface area (Å²) in [6, 6.07) is 14.1. The lowest BCUT2D eigenvalue weighted by molar-refractivity contribution is -0.119. The number of nitrogens with one attached hydrogen (secondary N) is 1. The number of nitrogens with zero attached hydrogens (tertiary/aromatic N) is 3. The van der Waals surface area contributed by atoms with Crippen molar-refractivity contribution in [2.45, 2.75) is 18.9 Å². The van der Waals surface area contributed by atoms with Crippen LogP contribution in [0.4, 0.5) is 0 Å². The predicted molar refractivity (Wildman–Crippen MR) is 113 cm³/mol. The van der Waals surface area contributed by atoms with Crippen LogP contribution in [0.5, 0.6) is 0 Å². The predicted octanol–water partition coefficient (Wildman–Crippen LogP) is 1.07. The van der Waals surface area contributed by atoms with Crippen molar-refractivity contribution >= 4 is 22.7 Å². The number of primary amides is 1. The Kier molecular flexibility index (Phi) is 5.58. The van der Waals surface area contributed by atoms with Gasteiger partial charge in [0.25, 0.3) is 11.5 Å². The number of hydrogen-bond acceptors (Lipinski definition) is 5. The van der Waals surface area contributed by atoms with Gasteiger partial charge in [-0.25, -0.2) is 4.98 Å². The molecule has 8 nitrogen and oxygen atoms in total. The quantitative estimate of drug-likeness (QED) is 0.660. The Morgan fingerprint density at radius 3 is 2.47 bits per heavy atom. The van der Waals surface area contributed by atoms with Crippen LogP contribution in [0.2, 0.25) is 0 Å². The number of carbonyl (C=O) groups excluding carboxylic acids is 2. The fourth-order valence-corrected chi connectivity index (χ4v) is 3.75. The number of piperidine rings is 1. The van der Waals surface area contributed by atoms with E-state index in [1.54, 1.807) is 36.4 Å². The highest BCUT2D eigenvalue weighted by molar-refractivity contribution is 5.94. The molecule has 0 spiro atoms. The molecule has 1 aliphatic heterocycles. The molecule has 154 valence electrons. The Hall–Kier alpha value is -3.52. The van der Waals surface area contributed by atoms with Crippen LogP contribution in [-0.2, 0) is 4.79 Å². The van der Waals surface area contributed by atoms with Gasteiger partial charge >= 0.3 is 0 Å². The molecule has 1 saturated heterocycles. The molecule has 3 N–H and O–H groups in total. The molecule has 2 aromatic carbocycles. The Bertz CT molecular complexity index is 1130. The topological polar surface area (TPSA) is 110 Å². The highest BCUT2D eigenvalue weighted by Crippen LogP contribution is 2.13. The zero-order chi connectivity index (χ0) is 21.1. The monoisotopic (exact) mass is 405 g/mol. The van der Waals surface area contributed by atoms with Gasteiger partial charge in [-0.05, 0) is 49.2 Å². The van der Waals surface area contributed by atoms with Crippen molar-refractivity contribution in [3.63, 3.8) is 0 Å². The SMILES string of the molecule is NC(=O)CN1CCC(NC(=O)c2ccc(-n3cnc4ccccc4c3=O)cc2)CC1. The lowest BCUT2D eigenvalue weighted by atomic mass is 10.0. The van der Waals surface area contributed by atoms with Crippen LogP contribution < -0.4 is 16.6 Å². The van der Waals surface area contributed by atoms with Gasteiger partial charge in [0, 0.05) is 24.7 Å². The first-order valence-electron chi connectivity index (χ1n) is 9.89. The zero-order valence-electron chi connectivity index (χ0n) is 16.5. The van der Waals surface area contributed by atoms with Gasteiger partial charge in [0.05, 0.1) is 23.1 Å². The van der Waals surface area contributed by atoms with Crippen LogP contribution >= 0.6 is 0 Å². The standard InChI is InChI=1S/C22H23N5O3/c23-20(28)13-26-11-9-16(10-12-26)25-21(29)15-5-7-17(8-6-15)27-14-24-19-4-2-1-3-18(19)22(27)30/h1-8,14,16H,9-13H2,(H2,23,28)(H,25,29). The number of hydrogen-bond donors (Lipinski definition) is 2. The van der Waals surface area contributed by atoms with Gasteiger partial charge in [0.1, 0.15) is 6.33 Å². The molecule has 2 amide bonds. The van der Waals surface area contributed by atoms with Gasteiger partial charge in [-0.1, -0.05) is 12.1 Å². The van der Waals surface area contributed by atoms with Crippen molar-refractivity contribution in [2.75, 3.05) is 19.6 Å². The number of carbonyl (C=O) groups is 2. The number of nitrogens with two attached hydrogens (primary N) is 1. The van der Waals surface area contributed by atoms with Crippen LogP contribution in [-0.4, -0.2) is 51.9 Å². The summed E-state index contributed by atoms with van der Waals surface area (Å²) in [7, 11) is 0. The Morgan fingerprint density at radius 1 is 1.07 bits per heavy atom. The highest BCUT2D eigenvalue weighted by Gasteiger charge is 2.22. The van der Waals surface area contributed by atoms with Gasteiger partial charge in [0.2, 0.25) is 5.91 Å². The number of para-hydroxylation sites is 1. The fraction of sp³-hybridized carbons (Fsp3) is 0.273. The zero-order valence-corrected chi connectivity index (χ0v) is 16.5. The normalized spacial score (nSPS) is 15.2. The maximum absolute atomic E-state index is 12.7. The number of fused-ring (bicyclic) bond motifs is 1. The molecular weight excluding hydrogens is 382 g/mol. The maximum atomic E-state index is 12.7. The summed E-state index contributed by atoms with van der Waals surface area (Å²) in [5.74, 6) is -0.489. The Labute approximate surface area is 173 Å². The summed E-state index contributed by atoms with van der Waals surface area (Å²) < 4.78 is 1.47. The second kappa shape index (κ2) is 8.46. The van der Waals surface area contributed by atoms with E-state index in [1.807, 2.05) is 17.0 Å². The van der Waals surface area contributed by atoms with E-state index in [1.165, 1.54) is 10.9 Å². The lowest BCUT2D eigenvalue weighted by Crippen LogP contribution is -2.46. The van der Waals surface area contributed by atoms with Crippen LogP contribution in [0, 0.1) is 0 Å². The molecule has 30 heavy (non-hydrogen) atoms. The second-order valence-corrected chi connectivity index (χ2v) is 7.47. The van der Waals surface area contributed by atoms with Crippen molar-refractivity contribution in [2.24, 2.45) is 5.73 Å². The van der Waals surface area contributed by atoms with E-state index in [0.29, 0.717) is 22.2 Å². The summed E-state index contributed by atoms with van der Waals surface area (Å²) in [5.41, 5.74) is 6.90. The molecule has 1 aliphatic rings. The van der Waals surface area contributed by atoms with Gasteiger partial charge < -0.3 is 11.1 Å². The molecule has 0 aliphatic carbocycles. The van der Waals surface area contributed by atoms with Crippen molar-refractivity contribution < 1.29 is 9.59 Å². The van der Waals surface area contributed by atoms with Crippen LogP contribution in [0.15, 0.2) is 59.7 Å². The molecule has 3 aromatic rings.